The van der Waals surface area contributed by atoms with Gasteiger partial charge < -0.3 is 10.2 Å². The number of furan rings is 1. The lowest BCUT2D eigenvalue weighted by atomic mass is 10.5. The van der Waals surface area contributed by atoms with Gasteiger partial charge in [-0.25, -0.2) is 0 Å². The van der Waals surface area contributed by atoms with Gasteiger partial charge in [0, 0.05) is 12.6 Å². The summed E-state index contributed by atoms with van der Waals surface area (Å²) in [4.78, 5) is 0. The molecular formula is C7H8N4O. The first-order valence-corrected chi connectivity index (χ1v) is 3.55. The van der Waals surface area contributed by atoms with Crippen LogP contribution in [0.15, 0.2) is 29.0 Å². The second-order valence-corrected chi connectivity index (χ2v) is 2.31. The Bertz CT molecular complexity index is 351. The number of hydrogen-bond acceptors (Lipinski definition) is 4. The highest BCUT2D eigenvalue weighted by Gasteiger charge is 2.01. The van der Waals surface area contributed by atoms with E-state index in [1.165, 1.54) is 0 Å². The van der Waals surface area contributed by atoms with Crippen LogP contribution in [0.25, 0.3) is 5.88 Å². The molecule has 0 fully saturated rings. The molecule has 0 aromatic carbocycles. The average molecular weight is 164 g/mol. The van der Waals surface area contributed by atoms with Crippen molar-refractivity contribution in [3.63, 3.8) is 0 Å². The maximum Gasteiger partial charge on any atom is 0.221 e. The first kappa shape index (κ1) is 7.05. The van der Waals surface area contributed by atoms with Crippen LogP contribution < -0.4 is 5.73 Å². The molecule has 0 bridgehead atoms. The molecule has 0 spiro atoms. The molecule has 12 heavy (non-hydrogen) atoms. The molecule has 0 saturated heterocycles. The van der Waals surface area contributed by atoms with Crippen LogP contribution >= 0.6 is 0 Å². The Morgan fingerprint density at radius 2 is 2.50 bits per heavy atom. The van der Waals surface area contributed by atoms with Crippen LogP contribution in [0.1, 0.15) is 5.69 Å². The summed E-state index contributed by atoms with van der Waals surface area (Å²) in [5, 5.41) is 7.64. The van der Waals surface area contributed by atoms with Gasteiger partial charge >= 0.3 is 0 Å². The number of nitrogens with two attached hydrogens (primary N) is 1. The van der Waals surface area contributed by atoms with E-state index in [2.05, 4.69) is 10.3 Å². The van der Waals surface area contributed by atoms with E-state index in [-0.39, 0.29) is 0 Å². The molecule has 2 heterocycles. The van der Waals surface area contributed by atoms with Crippen LogP contribution in [0.5, 0.6) is 0 Å². The highest BCUT2D eigenvalue weighted by molar-refractivity contribution is 5.16. The van der Waals surface area contributed by atoms with E-state index in [1.54, 1.807) is 29.3 Å². The van der Waals surface area contributed by atoms with Crippen molar-refractivity contribution in [2.75, 3.05) is 0 Å². The van der Waals surface area contributed by atoms with Gasteiger partial charge in [-0.05, 0) is 6.07 Å². The zero-order valence-corrected chi connectivity index (χ0v) is 6.34. The first-order valence-electron chi connectivity index (χ1n) is 3.55. The van der Waals surface area contributed by atoms with Crippen molar-refractivity contribution in [3.05, 3.63) is 30.3 Å². The van der Waals surface area contributed by atoms with Crippen molar-refractivity contribution in [2.45, 2.75) is 6.54 Å². The summed E-state index contributed by atoms with van der Waals surface area (Å²) < 4.78 is 6.64. The molecule has 0 amide bonds. The molecular weight excluding hydrogens is 156 g/mol. The fourth-order valence-electron chi connectivity index (χ4n) is 0.900. The van der Waals surface area contributed by atoms with E-state index in [9.17, 15) is 0 Å². The minimum absolute atomic E-state index is 0.390. The van der Waals surface area contributed by atoms with Crippen molar-refractivity contribution >= 4 is 0 Å². The zero-order chi connectivity index (χ0) is 8.39. The van der Waals surface area contributed by atoms with Crippen molar-refractivity contribution < 1.29 is 4.42 Å². The SMILES string of the molecule is NCc1cn(-c2ccco2)nn1. The van der Waals surface area contributed by atoms with Crippen molar-refractivity contribution in [1.82, 2.24) is 15.0 Å². The molecule has 0 unspecified atom stereocenters. The first-order chi connectivity index (χ1) is 5.90. The van der Waals surface area contributed by atoms with E-state index < -0.39 is 0 Å². The van der Waals surface area contributed by atoms with Gasteiger partial charge in [0.2, 0.25) is 5.88 Å². The largest absolute Gasteiger partial charge is 0.447 e. The summed E-state index contributed by atoms with van der Waals surface area (Å²) in [5.41, 5.74) is 6.11. The second-order valence-electron chi connectivity index (χ2n) is 2.31. The van der Waals surface area contributed by atoms with Crippen molar-refractivity contribution in [1.29, 1.82) is 0 Å². The Morgan fingerprint density at radius 1 is 1.58 bits per heavy atom. The molecule has 2 aromatic heterocycles. The fourth-order valence-corrected chi connectivity index (χ4v) is 0.900. The molecule has 0 aliphatic heterocycles. The average Bonchev–Trinajstić information content (AvgIpc) is 2.75. The summed E-state index contributed by atoms with van der Waals surface area (Å²) in [6, 6.07) is 3.59. The Balaban J connectivity index is 2.35. The maximum absolute atomic E-state index is 5.37. The summed E-state index contributed by atoms with van der Waals surface area (Å²) in [6.07, 6.45) is 3.32. The Labute approximate surface area is 68.8 Å². The molecule has 0 aliphatic rings. The Kier molecular flexibility index (Phi) is 1.64. The van der Waals surface area contributed by atoms with Gasteiger partial charge in [0.25, 0.3) is 0 Å². The molecule has 0 aliphatic carbocycles. The third-order valence-corrected chi connectivity index (χ3v) is 1.48. The minimum atomic E-state index is 0.390. The Hall–Kier alpha value is -1.62. The quantitative estimate of drug-likeness (QED) is 0.693. The monoisotopic (exact) mass is 164 g/mol. The lowest BCUT2D eigenvalue weighted by Gasteiger charge is -1.89. The summed E-state index contributed by atoms with van der Waals surface area (Å²) in [7, 11) is 0. The maximum atomic E-state index is 5.37. The molecule has 62 valence electrons. The lowest BCUT2D eigenvalue weighted by Crippen LogP contribution is -1.95. The zero-order valence-electron chi connectivity index (χ0n) is 6.34. The van der Waals surface area contributed by atoms with Gasteiger partial charge in [-0.15, -0.1) is 5.10 Å². The van der Waals surface area contributed by atoms with Gasteiger partial charge in [-0.3, -0.25) is 0 Å². The number of rotatable bonds is 2. The molecule has 0 radical (unpaired) electrons. The van der Waals surface area contributed by atoms with Gasteiger partial charge in [0.1, 0.15) is 0 Å². The lowest BCUT2D eigenvalue weighted by molar-refractivity contribution is 0.517. The molecule has 2 aromatic rings. The smallest absolute Gasteiger partial charge is 0.221 e. The van der Waals surface area contributed by atoms with Gasteiger partial charge in [-0.1, -0.05) is 5.21 Å². The predicted molar refractivity (Wildman–Crippen MR) is 41.5 cm³/mol. The van der Waals surface area contributed by atoms with Crippen LogP contribution in [-0.4, -0.2) is 15.0 Å². The van der Waals surface area contributed by atoms with Crippen LogP contribution in [0.3, 0.4) is 0 Å². The summed E-state index contributed by atoms with van der Waals surface area (Å²) >= 11 is 0. The van der Waals surface area contributed by atoms with Crippen LogP contribution in [0, 0.1) is 0 Å². The van der Waals surface area contributed by atoms with Crippen LogP contribution in [-0.2, 0) is 6.54 Å². The van der Waals surface area contributed by atoms with Gasteiger partial charge in [0.15, 0.2) is 0 Å². The predicted octanol–water partition coefficient (Wildman–Crippen LogP) is 0.319. The van der Waals surface area contributed by atoms with Crippen LogP contribution in [0.2, 0.25) is 0 Å². The van der Waals surface area contributed by atoms with Gasteiger partial charge in [-0.2, -0.15) is 4.68 Å². The van der Waals surface area contributed by atoms with Gasteiger partial charge in [0.05, 0.1) is 18.2 Å². The topological polar surface area (TPSA) is 69.9 Å². The van der Waals surface area contributed by atoms with E-state index in [4.69, 9.17) is 10.2 Å². The van der Waals surface area contributed by atoms with Crippen LogP contribution in [0.4, 0.5) is 0 Å². The van der Waals surface area contributed by atoms with Crippen molar-refractivity contribution in [2.24, 2.45) is 5.73 Å². The number of nitrogens with zero attached hydrogens (tertiary/aromatic N) is 3. The molecule has 0 saturated carbocycles. The molecule has 5 nitrogen and oxygen atoms in total. The summed E-state index contributed by atoms with van der Waals surface area (Å²) in [5.74, 6) is 0.641. The molecule has 0 atom stereocenters. The second kappa shape index (κ2) is 2.78. The highest BCUT2D eigenvalue weighted by Crippen LogP contribution is 2.05. The minimum Gasteiger partial charge on any atom is -0.447 e. The number of aromatic nitrogens is 3. The van der Waals surface area contributed by atoms with Crippen molar-refractivity contribution in [3.8, 4) is 5.88 Å². The summed E-state index contributed by atoms with van der Waals surface area (Å²) in [6.45, 7) is 0.390. The van der Waals surface area contributed by atoms with E-state index in [0.29, 0.717) is 12.4 Å². The molecule has 2 N–H and O–H groups in total. The third-order valence-electron chi connectivity index (χ3n) is 1.48. The number of hydrogen-bond donors (Lipinski definition) is 1. The molecule has 2 rings (SSSR count). The standard InChI is InChI=1S/C7H8N4O/c8-4-6-5-11(10-9-6)7-2-1-3-12-7/h1-3,5H,4,8H2. The fraction of sp³-hybridized carbons (Fsp3) is 0.143. The normalized spacial score (nSPS) is 10.4. The Morgan fingerprint density at radius 3 is 3.08 bits per heavy atom. The third kappa shape index (κ3) is 1.10. The van der Waals surface area contributed by atoms with E-state index >= 15 is 0 Å². The molecule has 5 heteroatoms. The van der Waals surface area contributed by atoms with E-state index in [1.807, 2.05) is 0 Å². The van der Waals surface area contributed by atoms with E-state index in [0.717, 1.165) is 5.69 Å². The highest BCUT2D eigenvalue weighted by atomic mass is 16.3.